The number of rotatable bonds is 4. The molecular formula is C19H19ClN4O2S. The number of anilines is 1. The number of aryl methyl sites for hydroxylation is 2. The number of hydrogen-bond acceptors (Lipinski definition) is 5. The van der Waals surface area contributed by atoms with Crippen LogP contribution in [0.15, 0.2) is 22.7 Å². The van der Waals surface area contributed by atoms with Crippen LogP contribution >= 0.6 is 23.4 Å². The number of carbonyl (C=O) groups excluding carboxylic acids is 2. The molecule has 8 heteroatoms. The molecule has 0 bridgehead atoms. The van der Waals surface area contributed by atoms with E-state index in [9.17, 15) is 20.1 Å². The second-order valence-electron chi connectivity index (χ2n) is 6.86. The van der Waals surface area contributed by atoms with Gasteiger partial charge in [0.25, 0.3) is 0 Å². The summed E-state index contributed by atoms with van der Waals surface area (Å²) in [7, 11) is 0. The molecule has 0 radical (unpaired) electrons. The minimum atomic E-state index is -0.959. The third-order valence-corrected chi connectivity index (χ3v) is 5.68. The fourth-order valence-electron chi connectivity index (χ4n) is 2.92. The van der Waals surface area contributed by atoms with Gasteiger partial charge in [0, 0.05) is 5.41 Å². The van der Waals surface area contributed by atoms with Crippen LogP contribution in [-0.2, 0) is 9.59 Å². The zero-order valence-electron chi connectivity index (χ0n) is 15.4. The molecule has 0 unspecified atom stereocenters. The Balaban J connectivity index is 2.17. The van der Waals surface area contributed by atoms with Crippen LogP contribution in [0.4, 0.5) is 5.69 Å². The summed E-state index contributed by atoms with van der Waals surface area (Å²) in [6.45, 7) is 7.12. The van der Waals surface area contributed by atoms with E-state index in [1.54, 1.807) is 19.9 Å². The molecule has 1 aliphatic rings. The average molecular weight is 403 g/mol. The van der Waals surface area contributed by atoms with Gasteiger partial charge in [-0.1, -0.05) is 43.3 Å². The number of nitriles is 2. The van der Waals surface area contributed by atoms with Gasteiger partial charge in [-0.2, -0.15) is 10.5 Å². The molecule has 2 rings (SSSR count). The van der Waals surface area contributed by atoms with E-state index in [1.165, 1.54) is 0 Å². The third-order valence-electron chi connectivity index (χ3n) is 4.38. The normalized spacial score (nSPS) is 18.3. The number of allylic oxidation sites excluding steroid dienone is 1. The van der Waals surface area contributed by atoms with Crippen molar-refractivity contribution < 1.29 is 9.59 Å². The average Bonchev–Trinajstić information content (AvgIpc) is 2.55. The Bertz CT molecular complexity index is 902. The molecule has 0 spiro atoms. The Morgan fingerprint density at radius 2 is 2.04 bits per heavy atom. The van der Waals surface area contributed by atoms with Gasteiger partial charge < -0.3 is 10.6 Å². The van der Waals surface area contributed by atoms with E-state index in [1.807, 2.05) is 26.0 Å². The number of carbonyl (C=O) groups is 2. The summed E-state index contributed by atoms with van der Waals surface area (Å²) in [5, 5.41) is 24.8. The highest BCUT2D eigenvalue weighted by Crippen LogP contribution is 2.41. The number of thioether (sulfide) groups is 1. The summed E-state index contributed by atoms with van der Waals surface area (Å²) < 4.78 is 0. The summed E-state index contributed by atoms with van der Waals surface area (Å²) >= 11 is 7.25. The summed E-state index contributed by atoms with van der Waals surface area (Å²) in [6, 6.07) is 7.69. The van der Waals surface area contributed by atoms with Gasteiger partial charge in [-0.25, -0.2) is 0 Å². The number of benzene rings is 1. The van der Waals surface area contributed by atoms with Crippen molar-refractivity contribution in [2.45, 2.75) is 27.7 Å². The standard InChI is InChI=1S/C19H19ClN4O2S/c1-10-5-11(2)16(14(20)6-10)23-15(25)9-27-18-13(8-22)19(3,4)12(7-21)17(26)24-18/h5-6,12H,9H2,1-4H3,(H,23,25)(H,24,26)/t12-/m1/s1. The van der Waals surface area contributed by atoms with Crippen molar-refractivity contribution in [2.24, 2.45) is 11.3 Å². The van der Waals surface area contributed by atoms with Crippen LogP contribution in [0.25, 0.3) is 0 Å². The molecular weight excluding hydrogens is 384 g/mol. The van der Waals surface area contributed by atoms with Crippen molar-refractivity contribution in [3.63, 3.8) is 0 Å². The quantitative estimate of drug-likeness (QED) is 0.799. The van der Waals surface area contributed by atoms with Crippen LogP contribution in [0.1, 0.15) is 25.0 Å². The first-order valence-electron chi connectivity index (χ1n) is 8.16. The molecule has 1 aromatic rings. The molecule has 0 fully saturated rings. The highest BCUT2D eigenvalue weighted by Gasteiger charge is 2.44. The second kappa shape index (κ2) is 8.04. The Kier molecular flexibility index (Phi) is 6.20. The third kappa shape index (κ3) is 4.27. The van der Waals surface area contributed by atoms with Gasteiger partial charge >= 0.3 is 0 Å². The highest BCUT2D eigenvalue weighted by molar-refractivity contribution is 8.03. The van der Waals surface area contributed by atoms with Crippen molar-refractivity contribution in [3.8, 4) is 12.1 Å². The molecule has 1 aliphatic heterocycles. The Hall–Kier alpha value is -2.48. The van der Waals surface area contributed by atoms with Crippen molar-refractivity contribution in [2.75, 3.05) is 11.1 Å². The topological polar surface area (TPSA) is 106 Å². The van der Waals surface area contributed by atoms with Crippen LogP contribution in [0.5, 0.6) is 0 Å². The van der Waals surface area contributed by atoms with Gasteiger partial charge in [-0.3, -0.25) is 9.59 Å². The lowest BCUT2D eigenvalue weighted by Crippen LogP contribution is -2.44. The zero-order chi connectivity index (χ0) is 20.4. The monoisotopic (exact) mass is 402 g/mol. The van der Waals surface area contributed by atoms with Crippen LogP contribution in [0.2, 0.25) is 5.02 Å². The molecule has 0 saturated heterocycles. The van der Waals surface area contributed by atoms with Crippen molar-refractivity contribution >= 4 is 40.9 Å². The maximum absolute atomic E-state index is 12.3. The Labute approximate surface area is 167 Å². The molecule has 0 saturated carbocycles. The Morgan fingerprint density at radius 1 is 1.37 bits per heavy atom. The minimum absolute atomic E-state index is 0.0161. The molecule has 1 atom stereocenters. The van der Waals surface area contributed by atoms with E-state index in [2.05, 4.69) is 16.7 Å². The fourth-order valence-corrected chi connectivity index (χ4v) is 4.26. The molecule has 2 N–H and O–H groups in total. The fraction of sp³-hybridized carbons (Fsp3) is 0.368. The minimum Gasteiger partial charge on any atom is -0.324 e. The largest absolute Gasteiger partial charge is 0.324 e. The van der Waals surface area contributed by atoms with Crippen molar-refractivity contribution in [1.29, 1.82) is 10.5 Å². The predicted octanol–water partition coefficient (Wildman–Crippen LogP) is 3.66. The number of halogens is 1. The summed E-state index contributed by atoms with van der Waals surface area (Å²) in [6.07, 6.45) is 0. The highest BCUT2D eigenvalue weighted by atomic mass is 35.5. The second-order valence-corrected chi connectivity index (χ2v) is 8.26. The smallest absolute Gasteiger partial charge is 0.243 e. The lowest BCUT2D eigenvalue weighted by molar-refractivity contribution is -0.125. The molecule has 0 aromatic heterocycles. The van der Waals surface area contributed by atoms with E-state index >= 15 is 0 Å². The number of hydrogen-bond donors (Lipinski definition) is 2. The van der Waals surface area contributed by atoms with Crippen LogP contribution < -0.4 is 10.6 Å². The predicted molar refractivity (Wildman–Crippen MR) is 106 cm³/mol. The molecule has 27 heavy (non-hydrogen) atoms. The molecule has 1 heterocycles. The van der Waals surface area contributed by atoms with Crippen LogP contribution in [0, 0.1) is 47.8 Å². The first kappa shape index (κ1) is 20.8. The summed E-state index contributed by atoms with van der Waals surface area (Å²) in [5.74, 6) is -1.76. The van der Waals surface area contributed by atoms with Crippen molar-refractivity contribution in [3.05, 3.63) is 38.9 Å². The van der Waals surface area contributed by atoms with E-state index < -0.39 is 17.2 Å². The first-order chi connectivity index (χ1) is 12.6. The zero-order valence-corrected chi connectivity index (χ0v) is 17.0. The molecule has 2 amide bonds. The van der Waals surface area contributed by atoms with Crippen LogP contribution in [0.3, 0.4) is 0 Å². The van der Waals surface area contributed by atoms with E-state index in [0.717, 1.165) is 22.9 Å². The SMILES string of the molecule is Cc1cc(C)c(NC(=O)CSC2=C(C#N)C(C)(C)[C@H](C#N)C(=O)N2)c(Cl)c1. The van der Waals surface area contributed by atoms with Gasteiger partial charge in [0.1, 0.15) is 5.92 Å². The maximum atomic E-state index is 12.3. The maximum Gasteiger partial charge on any atom is 0.243 e. The van der Waals surface area contributed by atoms with Gasteiger partial charge in [-0.15, -0.1) is 0 Å². The van der Waals surface area contributed by atoms with Gasteiger partial charge in [0.15, 0.2) is 0 Å². The molecule has 140 valence electrons. The van der Waals surface area contributed by atoms with E-state index in [-0.39, 0.29) is 17.2 Å². The van der Waals surface area contributed by atoms with Crippen molar-refractivity contribution in [1.82, 2.24) is 5.32 Å². The van der Waals surface area contributed by atoms with Gasteiger partial charge in [-0.05, 0) is 31.0 Å². The van der Waals surface area contributed by atoms with E-state index in [4.69, 9.17) is 11.6 Å². The van der Waals surface area contributed by atoms with Gasteiger partial charge in [0.2, 0.25) is 11.8 Å². The molecule has 0 aliphatic carbocycles. The number of nitrogens with one attached hydrogen (secondary N) is 2. The van der Waals surface area contributed by atoms with Crippen LogP contribution in [-0.4, -0.2) is 17.6 Å². The van der Waals surface area contributed by atoms with Gasteiger partial charge in [0.05, 0.1) is 39.2 Å². The van der Waals surface area contributed by atoms with E-state index in [0.29, 0.717) is 15.7 Å². The summed E-state index contributed by atoms with van der Waals surface area (Å²) in [5.41, 5.74) is 1.74. The summed E-state index contributed by atoms with van der Waals surface area (Å²) in [4.78, 5) is 24.5. The molecule has 1 aromatic carbocycles. The first-order valence-corrected chi connectivity index (χ1v) is 9.53. The lowest BCUT2D eigenvalue weighted by Gasteiger charge is -2.34. The molecule has 6 nitrogen and oxygen atoms in total. The number of amides is 2. The lowest BCUT2D eigenvalue weighted by atomic mass is 9.72. The number of nitrogens with zero attached hydrogens (tertiary/aromatic N) is 2. The Morgan fingerprint density at radius 3 is 2.59 bits per heavy atom.